The number of amides is 2. The van der Waals surface area contributed by atoms with Crippen molar-refractivity contribution in [2.24, 2.45) is 0 Å². The van der Waals surface area contributed by atoms with Crippen molar-refractivity contribution in [2.75, 3.05) is 7.11 Å². The van der Waals surface area contributed by atoms with Gasteiger partial charge in [-0.3, -0.25) is 25.8 Å². The predicted molar refractivity (Wildman–Crippen MR) is 120 cm³/mol. The van der Waals surface area contributed by atoms with Crippen molar-refractivity contribution in [3.63, 3.8) is 0 Å². The molecule has 3 N–H and O–H groups in total. The molecule has 0 aromatic heterocycles. The van der Waals surface area contributed by atoms with Gasteiger partial charge in [0.2, 0.25) is 5.91 Å². The first kappa shape index (κ1) is 20.8. The van der Waals surface area contributed by atoms with Crippen LogP contribution in [0.15, 0.2) is 65.1 Å². The predicted octanol–water partition coefficient (Wildman–Crippen LogP) is 3.49. The molecule has 0 radical (unpaired) electrons. The van der Waals surface area contributed by atoms with E-state index in [1.807, 2.05) is 42.5 Å². The number of carbonyl (C=O) groups is 2. The number of halogens is 1. The minimum atomic E-state index is -0.455. The molecular formula is C21H18BrN3O3S. The quantitative estimate of drug-likeness (QED) is 0.400. The summed E-state index contributed by atoms with van der Waals surface area (Å²) in [5.74, 6) is -0.324. The van der Waals surface area contributed by atoms with Crippen molar-refractivity contribution in [1.29, 1.82) is 0 Å². The molecule has 148 valence electrons. The number of hydrogen-bond donors (Lipinski definition) is 3. The van der Waals surface area contributed by atoms with E-state index in [-0.39, 0.29) is 17.4 Å². The van der Waals surface area contributed by atoms with Crippen LogP contribution in [0.3, 0.4) is 0 Å². The zero-order chi connectivity index (χ0) is 20.8. The van der Waals surface area contributed by atoms with Crippen molar-refractivity contribution in [3.05, 3.63) is 76.3 Å². The maximum Gasteiger partial charge on any atom is 0.261 e. The molecule has 0 saturated heterocycles. The van der Waals surface area contributed by atoms with Crippen LogP contribution < -0.4 is 20.9 Å². The first-order valence-electron chi connectivity index (χ1n) is 8.68. The molecular weight excluding hydrogens is 454 g/mol. The van der Waals surface area contributed by atoms with Crippen molar-refractivity contribution >= 4 is 55.8 Å². The standard InChI is InChI=1S/C21H18BrN3O3S/c1-28-18-10-9-15(22)12-17(18)20(27)23-21(29)25-24-19(26)11-14-7-4-6-13-5-2-3-8-16(13)14/h2-10,12H,11H2,1H3,(H,24,26)(H2,23,25,27,29). The van der Waals surface area contributed by atoms with E-state index < -0.39 is 5.91 Å². The van der Waals surface area contributed by atoms with Crippen LogP contribution in [0.2, 0.25) is 0 Å². The van der Waals surface area contributed by atoms with E-state index in [0.29, 0.717) is 11.3 Å². The summed E-state index contributed by atoms with van der Waals surface area (Å²) >= 11 is 8.41. The molecule has 0 bridgehead atoms. The van der Waals surface area contributed by atoms with Gasteiger partial charge < -0.3 is 4.74 Å². The molecule has 3 rings (SSSR count). The van der Waals surface area contributed by atoms with Crippen LogP contribution in [0.25, 0.3) is 10.8 Å². The molecule has 29 heavy (non-hydrogen) atoms. The lowest BCUT2D eigenvalue weighted by molar-refractivity contribution is -0.121. The molecule has 8 heteroatoms. The summed E-state index contributed by atoms with van der Waals surface area (Å²) in [6.45, 7) is 0. The average molecular weight is 472 g/mol. The molecule has 0 atom stereocenters. The van der Waals surface area contributed by atoms with E-state index in [1.54, 1.807) is 18.2 Å². The SMILES string of the molecule is COc1ccc(Br)cc1C(=O)NC(=S)NNC(=O)Cc1cccc2ccccc12. The largest absolute Gasteiger partial charge is 0.496 e. The Morgan fingerprint density at radius 1 is 1.03 bits per heavy atom. The van der Waals surface area contributed by atoms with Crippen LogP contribution in [0.1, 0.15) is 15.9 Å². The Hall–Kier alpha value is -2.97. The van der Waals surface area contributed by atoms with Gasteiger partial charge in [-0.15, -0.1) is 0 Å². The van der Waals surface area contributed by atoms with Crippen LogP contribution in [0.4, 0.5) is 0 Å². The Kier molecular flexibility index (Phi) is 6.79. The number of ether oxygens (including phenoxy) is 1. The van der Waals surface area contributed by atoms with Gasteiger partial charge in [0, 0.05) is 4.47 Å². The normalized spacial score (nSPS) is 10.3. The zero-order valence-electron chi connectivity index (χ0n) is 15.5. The molecule has 0 aliphatic carbocycles. The first-order valence-corrected chi connectivity index (χ1v) is 9.88. The van der Waals surface area contributed by atoms with Crippen LogP contribution in [0.5, 0.6) is 5.75 Å². The van der Waals surface area contributed by atoms with Gasteiger partial charge in [-0.2, -0.15) is 0 Å². The number of carbonyl (C=O) groups excluding carboxylic acids is 2. The number of rotatable bonds is 4. The Balaban J connectivity index is 1.57. The topological polar surface area (TPSA) is 79.5 Å². The van der Waals surface area contributed by atoms with Crippen LogP contribution >= 0.6 is 28.1 Å². The highest BCUT2D eigenvalue weighted by molar-refractivity contribution is 9.10. The summed E-state index contributed by atoms with van der Waals surface area (Å²) in [4.78, 5) is 24.7. The van der Waals surface area contributed by atoms with Crippen molar-refractivity contribution < 1.29 is 14.3 Å². The minimum absolute atomic E-state index is 0.0247. The highest BCUT2D eigenvalue weighted by Gasteiger charge is 2.14. The fourth-order valence-corrected chi connectivity index (χ4v) is 3.35. The highest BCUT2D eigenvalue weighted by atomic mass is 79.9. The summed E-state index contributed by atoms with van der Waals surface area (Å²) in [5.41, 5.74) is 6.27. The highest BCUT2D eigenvalue weighted by Crippen LogP contribution is 2.22. The maximum atomic E-state index is 12.4. The lowest BCUT2D eigenvalue weighted by Crippen LogP contribution is -2.48. The van der Waals surface area contributed by atoms with E-state index in [9.17, 15) is 9.59 Å². The van der Waals surface area contributed by atoms with Crippen LogP contribution in [0, 0.1) is 0 Å². The average Bonchev–Trinajstić information content (AvgIpc) is 2.72. The molecule has 6 nitrogen and oxygen atoms in total. The Bertz CT molecular complexity index is 1080. The minimum Gasteiger partial charge on any atom is -0.496 e. The van der Waals surface area contributed by atoms with Gasteiger partial charge in [0.25, 0.3) is 5.91 Å². The lowest BCUT2D eigenvalue weighted by Gasteiger charge is -2.13. The summed E-state index contributed by atoms with van der Waals surface area (Å²) in [6, 6.07) is 18.7. The van der Waals surface area contributed by atoms with Crippen LogP contribution in [-0.2, 0) is 11.2 Å². The van der Waals surface area contributed by atoms with Gasteiger partial charge in [0.1, 0.15) is 5.75 Å². The van der Waals surface area contributed by atoms with Crippen LogP contribution in [-0.4, -0.2) is 24.0 Å². The van der Waals surface area contributed by atoms with Crippen molar-refractivity contribution in [3.8, 4) is 5.75 Å². The Morgan fingerprint density at radius 3 is 2.59 bits per heavy atom. The van der Waals surface area contributed by atoms with E-state index in [0.717, 1.165) is 20.8 Å². The fourth-order valence-electron chi connectivity index (χ4n) is 2.85. The number of methoxy groups -OCH3 is 1. The fraction of sp³-hybridized carbons (Fsp3) is 0.0952. The van der Waals surface area contributed by atoms with Crippen molar-refractivity contribution in [2.45, 2.75) is 6.42 Å². The van der Waals surface area contributed by atoms with Crippen molar-refractivity contribution in [1.82, 2.24) is 16.2 Å². The number of nitrogens with one attached hydrogen (secondary N) is 3. The molecule has 0 aliphatic heterocycles. The van der Waals surface area contributed by atoms with Gasteiger partial charge in [-0.1, -0.05) is 58.4 Å². The molecule has 0 unspecified atom stereocenters. The van der Waals surface area contributed by atoms with E-state index in [1.165, 1.54) is 7.11 Å². The van der Waals surface area contributed by atoms with Gasteiger partial charge >= 0.3 is 0 Å². The summed E-state index contributed by atoms with van der Waals surface area (Å²) in [6.07, 6.45) is 0.171. The second kappa shape index (κ2) is 9.49. The number of fused-ring (bicyclic) bond motifs is 1. The Labute approximate surface area is 181 Å². The van der Waals surface area contributed by atoms with Gasteiger partial charge in [0.05, 0.1) is 19.1 Å². The molecule has 3 aromatic rings. The number of benzene rings is 3. The maximum absolute atomic E-state index is 12.4. The summed E-state index contributed by atoms with van der Waals surface area (Å²) in [7, 11) is 1.48. The lowest BCUT2D eigenvalue weighted by atomic mass is 10.0. The van der Waals surface area contributed by atoms with E-state index in [2.05, 4.69) is 32.1 Å². The second-order valence-electron chi connectivity index (χ2n) is 6.12. The molecule has 3 aromatic carbocycles. The number of hydrogen-bond acceptors (Lipinski definition) is 4. The van der Waals surface area contributed by atoms with Gasteiger partial charge in [-0.05, 0) is 46.8 Å². The van der Waals surface area contributed by atoms with Gasteiger partial charge in [0.15, 0.2) is 5.11 Å². The zero-order valence-corrected chi connectivity index (χ0v) is 17.9. The molecule has 0 spiro atoms. The second-order valence-corrected chi connectivity index (χ2v) is 7.44. The Morgan fingerprint density at radius 2 is 1.79 bits per heavy atom. The third-order valence-corrected chi connectivity index (χ3v) is 4.88. The molecule has 0 saturated carbocycles. The monoisotopic (exact) mass is 471 g/mol. The smallest absolute Gasteiger partial charge is 0.261 e. The third-order valence-electron chi connectivity index (χ3n) is 4.18. The molecule has 0 aliphatic rings. The van der Waals surface area contributed by atoms with Gasteiger partial charge in [-0.25, -0.2) is 0 Å². The summed E-state index contributed by atoms with van der Waals surface area (Å²) in [5, 5.41) is 4.57. The molecule has 0 fully saturated rings. The van der Waals surface area contributed by atoms with E-state index in [4.69, 9.17) is 17.0 Å². The molecule has 2 amide bonds. The number of hydrazine groups is 1. The third kappa shape index (κ3) is 5.30. The first-order chi connectivity index (χ1) is 14.0. The number of thiocarbonyl (C=S) groups is 1. The molecule has 0 heterocycles. The summed E-state index contributed by atoms with van der Waals surface area (Å²) < 4.78 is 5.92. The van der Waals surface area contributed by atoms with E-state index >= 15 is 0 Å².